The van der Waals surface area contributed by atoms with Gasteiger partial charge < -0.3 is 9.64 Å². The molecule has 1 aliphatic rings. The monoisotopic (exact) mass is 249 g/mol. The van der Waals surface area contributed by atoms with Crippen LogP contribution < -0.4 is 4.90 Å². The van der Waals surface area contributed by atoms with Gasteiger partial charge in [-0.1, -0.05) is 5.10 Å². The van der Waals surface area contributed by atoms with E-state index in [2.05, 4.69) is 25.5 Å². The topological polar surface area (TPSA) is 73.9 Å². The fourth-order valence-electron chi connectivity index (χ4n) is 2.20. The SMILES string of the molecule is Cn1nccc1C1CN(c2nnnn2C)CCO1. The third-order valence-electron chi connectivity index (χ3n) is 3.14. The lowest BCUT2D eigenvalue weighted by Crippen LogP contribution is -2.40. The van der Waals surface area contributed by atoms with Gasteiger partial charge in [-0.25, -0.2) is 4.68 Å². The molecule has 1 unspecified atom stereocenters. The van der Waals surface area contributed by atoms with Crippen molar-refractivity contribution in [2.75, 3.05) is 24.6 Å². The predicted octanol–water partition coefficient (Wildman–Crippen LogP) is -0.478. The van der Waals surface area contributed by atoms with E-state index < -0.39 is 0 Å². The lowest BCUT2D eigenvalue weighted by molar-refractivity contribution is 0.0338. The third-order valence-corrected chi connectivity index (χ3v) is 3.14. The van der Waals surface area contributed by atoms with E-state index in [9.17, 15) is 0 Å². The summed E-state index contributed by atoms with van der Waals surface area (Å²) in [6.07, 6.45) is 1.78. The second kappa shape index (κ2) is 4.37. The molecule has 8 heteroatoms. The largest absolute Gasteiger partial charge is 0.368 e. The van der Waals surface area contributed by atoms with E-state index >= 15 is 0 Å². The van der Waals surface area contributed by atoms with Gasteiger partial charge in [-0.2, -0.15) is 5.10 Å². The molecule has 96 valence electrons. The molecule has 0 radical (unpaired) electrons. The third kappa shape index (κ3) is 1.84. The Kier molecular flexibility index (Phi) is 2.71. The summed E-state index contributed by atoms with van der Waals surface area (Å²) >= 11 is 0. The van der Waals surface area contributed by atoms with Gasteiger partial charge in [-0.3, -0.25) is 4.68 Å². The number of anilines is 1. The van der Waals surface area contributed by atoms with Gasteiger partial charge >= 0.3 is 0 Å². The molecule has 0 saturated carbocycles. The number of aromatic nitrogens is 6. The molecule has 2 aromatic heterocycles. The van der Waals surface area contributed by atoms with Gasteiger partial charge in [0.1, 0.15) is 6.10 Å². The van der Waals surface area contributed by atoms with Crippen LogP contribution in [0.25, 0.3) is 0 Å². The fraction of sp³-hybridized carbons (Fsp3) is 0.600. The molecular formula is C10H15N7O. The lowest BCUT2D eigenvalue weighted by Gasteiger charge is -2.32. The van der Waals surface area contributed by atoms with Crippen LogP contribution in [-0.4, -0.2) is 49.7 Å². The first-order valence-corrected chi connectivity index (χ1v) is 5.82. The smallest absolute Gasteiger partial charge is 0.245 e. The molecule has 2 aromatic rings. The molecular weight excluding hydrogens is 234 g/mol. The van der Waals surface area contributed by atoms with Gasteiger partial charge in [0.05, 0.1) is 18.8 Å². The summed E-state index contributed by atoms with van der Waals surface area (Å²) < 4.78 is 9.30. The van der Waals surface area contributed by atoms with Crippen LogP contribution in [0.2, 0.25) is 0 Å². The van der Waals surface area contributed by atoms with E-state index in [1.807, 2.05) is 24.8 Å². The average molecular weight is 249 g/mol. The van der Waals surface area contributed by atoms with Crippen molar-refractivity contribution >= 4 is 5.95 Å². The van der Waals surface area contributed by atoms with Crippen LogP contribution in [0, 0.1) is 0 Å². The van der Waals surface area contributed by atoms with Gasteiger partial charge in [-0.05, 0) is 16.5 Å². The van der Waals surface area contributed by atoms with E-state index in [-0.39, 0.29) is 6.10 Å². The van der Waals surface area contributed by atoms with Crippen LogP contribution in [0.3, 0.4) is 0 Å². The van der Waals surface area contributed by atoms with Crippen molar-refractivity contribution in [3.63, 3.8) is 0 Å². The van der Waals surface area contributed by atoms with Crippen LogP contribution >= 0.6 is 0 Å². The van der Waals surface area contributed by atoms with E-state index in [1.54, 1.807) is 10.9 Å². The Morgan fingerprint density at radius 3 is 2.89 bits per heavy atom. The molecule has 8 nitrogen and oxygen atoms in total. The van der Waals surface area contributed by atoms with Crippen LogP contribution in [0.15, 0.2) is 12.3 Å². The highest BCUT2D eigenvalue weighted by molar-refractivity contribution is 5.29. The molecule has 3 heterocycles. The molecule has 0 bridgehead atoms. The zero-order valence-corrected chi connectivity index (χ0v) is 10.4. The standard InChI is InChI=1S/C10H15N7O/c1-15-8(3-4-11-15)9-7-17(5-6-18-9)10-12-13-14-16(10)2/h3-4,9H,5-7H2,1-2H3. The normalized spacial score (nSPS) is 20.3. The number of ether oxygens (including phenoxy) is 1. The van der Waals surface area contributed by atoms with Gasteiger partial charge in [-0.15, -0.1) is 0 Å². The molecule has 1 saturated heterocycles. The zero-order valence-electron chi connectivity index (χ0n) is 10.4. The van der Waals surface area contributed by atoms with Crippen molar-refractivity contribution in [3.05, 3.63) is 18.0 Å². The van der Waals surface area contributed by atoms with Crippen LogP contribution in [0.4, 0.5) is 5.95 Å². The minimum Gasteiger partial charge on any atom is -0.368 e. The maximum atomic E-state index is 5.79. The van der Waals surface area contributed by atoms with Crippen molar-refractivity contribution in [1.29, 1.82) is 0 Å². The summed E-state index contributed by atoms with van der Waals surface area (Å²) in [4.78, 5) is 2.13. The molecule has 1 atom stereocenters. The molecule has 1 aliphatic heterocycles. The van der Waals surface area contributed by atoms with E-state index in [0.717, 1.165) is 24.7 Å². The second-order valence-corrected chi connectivity index (χ2v) is 4.29. The van der Waals surface area contributed by atoms with Crippen LogP contribution in [0.1, 0.15) is 11.8 Å². The number of aryl methyl sites for hydroxylation is 2. The summed E-state index contributed by atoms with van der Waals surface area (Å²) in [6.45, 7) is 2.18. The maximum Gasteiger partial charge on any atom is 0.245 e. The Labute approximate surface area is 104 Å². The fourth-order valence-corrected chi connectivity index (χ4v) is 2.20. The number of rotatable bonds is 2. The van der Waals surface area contributed by atoms with Gasteiger partial charge in [0, 0.05) is 26.8 Å². The average Bonchev–Trinajstić information content (AvgIpc) is 2.98. The highest BCUT2D eigenvalue weighted by atomic mass is 16.5. The van der Waals surface area contributed by atoms with E-state index in [0.29, 0.717) is 6.61 Å². The number of hydrogen-bond donors (Lipinski definition) is 0. The molecule has 1 fully saturated rings. The lowest BCUT2D eigenvalue weighted by atomic mass is 10.2. The number of hydrogen-bond acceptors (Lipinski definition) is 6. The number of nitrogens with zero attached hydrogens (tertiary/aromatic N) is 7. The maximum absolute atomic E-state index is 5.79. The van der Waals surface area contributed by atoms with Gasteiger partial charge in [0.25, 0.3) is 0 Å². The minimum atomic E-state index is 0.00273. The van der Waals surface area contributed by atoms with E-state index in [4.69, 9.17) is 4.74 Å². The van der Waals surface area contributed by atoms with Crippen molar-refractivity contribution in [2.24, 2.45) is 14.1 Å². The van der Waals surface area contributed by atoms with Crippen LogP contribution in [-0.2, 0) is 18.8 Å². The minimum absolute atomic E-state index is 0.00273. The molecule has 0 aromatic carbocycles. The molecule has 0 aliphatic carbocycles. The Morgan fingerprint density at radius 1 is 1.33 bits per heavy atom. The van der Waals surface area contributed by atoms with Gasteiger partial charge in [0.15, 0.2) is 0 Å². The number of morpholine rings is 1. The highest BCUT2D eigenvalue weighted by Crippen LogP contribution is 2.23. The first-order valence-electron chi connectivity index (χ1n) is 5.82. The quantitative estimate of drug-likeness (QED) is 0.716. The van der Waals surface area contributed by atoms with Crippen molar-refractivity contribution < 1.29 is 4.74 Å². The molecule has 0 amide bonds. The Morgan fingerprint density at radius 2 is 2.22 bits per heavy atom. The van der Waals surface area contributed by atoms with Crippen molar-refractivity contribution in [3.8, 4) is 0 Å². The Balaban J connectivity index is 1.81. The molecule has 18 heavy (non-hydrogen) atoms. The zero-order chi connectivity index (χ0) is 12.5. The predicted molar refractivity (Wildman–Crippen MR) is 62.9 cm³/mol. The van der Waals surface area contributed by atoms with Crippen LogP contribution in [0.5, 0.6) is 0 Å². The van der Waals surface area contributed by atoms with E-state index in [1.165, 1.54) is 0 Å². The first-order chi connectivity index (χ1) is 8.75. The second-order valence-electron chi connectivity index (χ2n) is 4.29. The summed E-state index contributed by atoms with van der Waals surface area (Å²) in [7, 11) is 3.76. The van der Waals surface area contributed by atoms with Crippen molar-refractivity contribution in [1.82, 2.24) is 30.0 Å². The van der Waals surface area contributed by atoms with Gasteiger partial charge in [0.2, 0.25) is 5.95 Å². The number of tetrazole rings is 1. The molecule has 3 rings (SSSR count). The molecule has 0 spiro atoms. The summed E-state index contributed by atoms with van der Waals surface area (Å²) in [5, 5.41) is 15.7. The summed E-state index contributed by atoms with van der Waals surface area (Å²) in [6, 6.07) is 1.98. The summed E-state index contributed by atoms with van der Waals surface area (Å²) in [5.41, 5.74) is 1.06. The summed E-state index contributed by atoms with van der Waals surface area (Å²) in [5.74, 6) is 0.769. The molecule has 0 N–H and O–H groups in total. The van der Waals surface area contributed by atoms with Crippen molar-refractivity contribution in [2.45, 2.75) is 6.10 Å². The first kappa shape index (κ1) is 11.1. The Bertz CT molecular complexity index is 488. The Hall–Kier alpha value is -1.96. The highest BCUT2D eigenvalue weighted by Gasteiger charge is 2.26.